The molecule has 20 heteroatoms. The highest BCUT2D eigenvalue weighted by Crippen LogP contribution is 2.21. The number of nitrogens with two attached hydrogens (primary N) is 2. The summed E-state index contributed by atoms with van der Waals surface area (Å²) in [4.78, 5) is 114. The van der Waals surface area contributed by atoms with Crippen LogP contribution in [-0.4, -0.2) is 137 Å². The van der Waals surface area contributed by atoms with Gasteiger partial charge >= 0.3 is 5.97 Å². The Morgan fingerprint density at radius 3 is 1.96 bits per heavy atom. The van der Waals surface area contributed by atoms with Crippen molar-refractivity contribution in [2.75, 3.05) is 19.6 Å². The molecule has 20 nitrogen and oxygen atoms in total. The first-order valence-corrected chi connectivity index (χ1v) is 18.2. The Morgan fingerprint density at radius 2 is 1.41 bits per heavy atom. The van der Waals surface area contributed by atoms with Gasteiger partial charge in [-0.1, -0.05) is 13.8 Å². The Labute approximate surface area is 315 Å². The number of aliphatic carboxylic acids is 1. The van der Waals surface area contributed by atoms with Crippen molar-refractivity contribution < 1.29 is 53.4 Å². The topological polar surface area (TPSA) is 322 Å². The third-order valence-corrected chi connectivity index (χ3v) is 8.67. The number of carboxylic acid groups (broad SMARTS) is 1. The van der Waals surface area contributed by atoms with E-state index in [1.54, 1.807) is 0 Å². The second-order valence-electron chi connectivity index (χ2n) is 13.9. The minimum Gasteiger partial charge on any atom is -0.481 e. The van der Waals surface area contributed by atoms with Crippen LogP contribution in [-0.2, 0) is 43.2 Å². The summed E-state index contributed by atoms with van der Waals surface area (Å²) in [6.45, 7) is 7.85. The second kappa shape index (κ2) is 23.9. The fraction of sp³-hybridized carbons (Fsp3) is 0.735. The van der Waals surface area contributed by atoms with Gasteiger partial charge in [-0.3, -0.25) is 38.4 Å². The SMILES string of the molecule is CC(C)C[C@H](NC(=O)[C@H](C)NC(=O)[C@@H](N)CCC(=O)O)C(=O)N1CCC[C@H]1C(=O)N[C@@H](CCCCN)C(=O)N[C@@H](C)C(=O)N[C@H](C(=O)NCC=O)[C@@H](C)O. The summed E-state index contributed by atoms with van der Waals surface area (Å²) in [7, 11) is 0. The van der Waals surface area contributed by atoms with E-state index in [0.29, 0.717) is 32.1 Å². The summed E-state index contributed by atoms with van der Waals surface area (Å²) in [5, 5.41) is 33.7. The molecule has 0 bridgehead atoms. The number of rotatable bonds is 24. The number of carbonyl (C=O) groups excluding carboxylic acids is 8. The molecule has 7 amide bonds. The molecule has 1 rings (SSSR count). The Bertz CT molecular complexity index is 1330. The molecule has 0 spiro atoms. The van der Waals surface area contributed by atoms with Gasteiger partial charge in [0.25, 0.3) is 0 Å². The van der Waals surface area contributed by atoms with E-state index >= 15 is 0 Å². The number of likely N-dealkylation sites (tertiary alicyclic amines) is 1. The van der Waals surface area contributed by atoms with E-state index in [1.165, 1.54) is 25.7 Å². The van der Waals surface area contributed by atoms with Gasteiger partial charge in [-0.15, -0.1) is 0 Å². The zero-order valence-electron chi connectivity index (χ0n) is 31.7. The van der Waals surface area contributed by atoms with Gasteiger partial charge < -0.3 is 63.3 Å². The third kappa shape index (κ3) is 16.1. The van der Waals surface area contributed by atoms with Gasteiger partial charge in [0.15, 0.2) is 0 Å². The lowest BCUT2D eigenvalue weighted by Crippen LogP contribution is -2.60. The average Bonchev–Trinajstić information content (AvgIpc) is 3.60. The Kier molecular flexibility index (Phi) is 20.9. The minimum atomic E-state index is -1.41. The molecular formula is C34H59N9O11. The van der Waals surface area contributed by atoms with Crippen LogP contribution in [0.15, 0.2) is 0 Å². The molecule has 1 aliphatic heterocycles. The lowest BCUT2D eigenvalue weighted by molar-refractivity contribution is -0.143. The molecule has 1 aliphatic rings. The minimum absolute atomic E-state index is 0.0696. The van der Waals surface area contributed by atoms with Crippen molar-refractivity contribution in [2.45, 2.75) is 134 Å². The monoisotopic (exact) mass is 769 g/mol. The molecule has 0 aromatic carbocycles. The van der Waals surface area contributed by atoms with Crippen LogP contribution in [0, 0.1) is 5.92 Å². The number of aliphatic hydroxyl groups is 1. The van der Waals surface area contributed by atoms with Crippen LogP contribution in [0.2, 0.25) is 0 Å². The molecule has 0 aliphatic carbocycles. The third-order valence-electron chi connectivity index (χ3n) is 8.67. The zero-order valence-corrected chi connectivity index (χ0v) is 31.7. The van der Waals surface area contributed by atoms with Crippen LogP contribution in [0.5, 0.6) is 0 Å². The van der Waals surface area contributed by atoms with Crippen LogP contribution in [0.1, 0.15) is 86.0 Å². The number of hydrogen-bond acceptors (Lipinski definition) is 12. The first-order valence-electron chi connectivity index (χ1n) is 18.2. The number of aldehydes is 1. The zero-order chi connectivity index (χ0) is 41.1. The summed E-state index contributed by atoms with van der Waals surface area (Å²) < 4.78 is 0. The number of carbonyl (C=O) groups is 9. The van der Waals surface area contributed by atoms with Crippen molar-refractivity contribution in [1.82, 2.24) is 36.8 Å². The van der Waals surface area contributed by atoms with Crippen LogP contribution < -0.4 is 43.4 Å². The maximum absolute atomic E-state index is 13.9. The largest absolute Gasteiger partial charge is 0.481 e. The molecule has 12 N–H and O–H groups in total. The van der Waals surface area contributed by atoms with Gasteiger partial charge in [0.05, 0.1) is 18.7 Å². The predicted molar refractivity (Wildman–Crippen MR) is 194 cm³/mol. The highest BCUT2D eigenvalue weighted by atomic mass is 16.4. The van der Waals surface area contributed by atoms with Crippen LogP contribution in [0.4, 0.5) is 0 Å². The van der Waals surface area contributed by atoms with E-state index in [4.69, 9.17) is 16.6 Å². The Morgan fingerprint density at radius 1 is 0.796 bits per heavy atom. The van der Waals surface area contributed by atoms with Gasteiger partial charge in [0.2, 0.25) is 41.4 Å². The predicted octanol–water partition coefficient (Wildman–Crippen LogP) is -3.50. The molecule has 306 valence electrons. The van der Waals surface area contributed by atoms with Crippen molar-refractivity contribution >= 4 is 53.6 Å². The number of unbranched alkanes of at least 4 members (excludes halogenated alkanes) is 1. The van der Waals surface area contributed by atoms with E-state index in [9.17, 15) is 48.3 Å². The molecular weight excluding hydrogens is 710 g/mol. The quantitative estimate of drug-likeness (QED) is 0.0337. The van der Waals surface area contributed by atoms with Gasteiger partial charge in [-0.25, -0.2) is 0 Å². The molecule has 54 heavy (non-hydrogen) atoms. The number of hydrogen-bond donors (Lipinski definition) is 10. The summed E-state index contributed by atoms with van der Waals surface area (Å²) >= 11 is 0. The molecule has 0 aromatic rings. The van der Waals surface area contributed by atoms with Crippen molar-refractivity contribution in [3.63, 3.8) is 0 Å². The molecule has 0 unspecified atom stereocenters. The first-order chi connectivity index (χ1) is 25.3. The molecule has 1 saturated heterocycles. The van der Waals surface area contributed by atoms with Gasteiger partial charge in [0, 0.05) is 13.0 Å². The molecule has 0 aromatic heterocycles. The smallest absolute Gasteiger partial charge is 0.303 e. The van der Waals surface area contributed by atoms with Gasteiger partial charge in [-0.05, 0) is 78.2 Å². The van der Waals surface area contributed by atoms with E-state index in [2.05, 4.69) is 31.9 Å². The van der Waals surface area contributed by atoms with Crippen LogP contribution in [0.3, 0.4) is 0 Å². The van der Waals surface area contributed by atoms with Crippen molar-refractivity contribution in [1.29, 1.82) is 0 Å². The van der Waals surface area contributed by atoms with Crippen molar-refractivity contribution in [3.8, 4) is 0 Å². The van der Waals surface area contributed by atoms with E-state index in [-0.39, 0.29) is 51.1 Å². The van der Waals surface area contributed by atoms with Crippen molar-refractivity contribution in [3.05, 3.63) is 0 Å². The highest BCUT2D eigenvalue weighted by Gasteiger charge is 2.40. The van der Waals surface area contributed by atoms with E-state index in [0.717, 1.165) is 0 Å². The van der Waals surface area contributed by atoms with Gasteiger partial charge in [0.1, 0.15) is 42.5 Å². The molecule has 8 atom stereocenters. The molecule has 1 fully saturated rings. The lowest BCUT2D eigenvalue weighted by Gasteiger charge is -2.31. The fourth-order valence-electron chi connectivity index (χ4n) is 5.63. The maximum Gasteiger partial charge on any atom is 0.303 e. The molecule has 1 heterocycles. The highest BCUT2D eigenvalue weighted by molar-refractivity contribution is 5.97. The van der Waals surface area contributed by atoms with Crippen LogP contribution >= 0.6 is 0 Å². The average molecular weight is 770 g/mol. The number of carboxylic acids is 1. The van der Waals surface area contributed by atoms with Crippen LogP contribution in [0.25, 0.3) is 0 Å². The first kappa shape index (κ1) is 47.3. The van der Waals surface area contributed by atoms with E-state index in [1.807, 2.05) is 13.8 Å². The Hall–Kier alpha value is -4.69. The number of aliphatic hydroxyl groups excluding tert-OH is 1. The summed E-state index contributed by atoms with van der Waals surface area (Å²) in [5.41, 5.74) is 11.4. The molecule has 0 radical (unpaired) electrons. The number of nitrogens with zero attached hydrogens (tertiary/aromatic N) is 1. The summed E-state index contributed by atoms with van der Waals surface area (Å²) in [6, 6.07) is -8.12. The van der Waals surface area contributed by atoms with Gasteiger partial charge in [-0.2, -0.15) is 0 Å². The Balaban J connectivity index is 3.07. The number of amides is 7. The second-order valence-corrected chi connectivity index (χ2v) is 13.9. The summed E-state index contributed by atoms with van der Waals surface area (Å²) in [5.74, 6) is -6.13. The van der Waals surface area contributed by atoms with E-state index < -0.39 is 95.7 Å². The van der Waals surface area contributed by atoms with Crippen molar-refractivity contribution in [2.24, 2.45) is 17.4 Å². The fourth-order valence-corrected chi connectivity index (χ4v) is 5.63. The lowest BCUT2D eigenvalue weighted by atomic mass is 10.0. The molecule has 0 saturated carbocycles. The number of nitrogens with one attached hydrogen (secondary N) is 6. The summed E-state index contributed by atoms with van der Waals surface area (Å²) in [6.07, 6.45) is 0.659. The maximum atomic E-state index is 13.9. The standard InChI is InChI=1S/C34H59N9O11/c1-18(2)17-24(41-28(48)19(3)38-30(50)22(36)11-12-26(46)47)34(54)43-15-8-10-25(43)32(52)40-23(9-6-7-13-35)31(51)39-20(4)29(49)42-27(21(5)45)33(53)37-14-16-44/h16,18-25,27,45H,6-15,17,35-36H2,1-5H3,(H,37,53)(H,38,50)(H,39,51)(H,40,52)(H,41,48)(H,42,49)(H,46,47)/t19-,20-,21+,22-,23-,24-,25-,27-/m0/s1. The normalized spacial score (nSPS) is 17.8.